The molecule has 0 fully saturated rings. The number of ether oxygens (including phenoxy) is 1. The maximum Gasteiger partial charge on any atom is 0.269 e. The topological polar surface area (TPSA) is 98.1 Å². The number of thioether (sulfide) groups is 1. The molecule has 3 rings (SSSR count). The minimum Gasteiger partial charge on any atom is -0.484 e. The fourth-order valence-corrected chi connectivity index (χ4v) is 4.20. The summed E-state index contributed by atoms with van der Waals surface area (Å²) in [7, 11) is 0. The molecular formula is C23H26ClN5O3S. The summed E-state index contributed by atoms with van der Waals surface area (Å²) in [5, 5.41) is 9.71. The number of aromatic nitrogens is 3. The summed E-state index contributed by atoms with van der Waals surface area (Å²) >= 11 is 7.43. The lowest BCUT2D eigenvalue weighted by molar-refractivity contribution is -0.119. The zero-order chi connectivity index (χ0) is 23.6. The second kappa shape index (κ2) is 12.3. The standard InChI is InChI=1S/C23H26ClN5O3S/c1-3-17(4-2)29-20(14-32-19-13-9-8-12-18(19)24)25-28-23(29)33-15-21(30)26-27-22(31)16-10-6-5-7-11-16/h5-13,17H,3-4,14-15H2,1-2H3,(H,26,30)(H,27,31). The van der Waals surface area contributed by atoms with Crippen molar-refractivity contribution in [2.75, 3.05) is 5.75 Å². The lowest BCUT2D eigenvalue weighted by Gasteiger charge is -2.19. The van der Waals surface area contributed by atoms with Gasteiger partial charge in [-0.1, -0.05) is 67.5 Å². The largest absolute Gasteiger partial charge is 0.484 e. The first kappa shape index (κ1) is 24.6. The number of carbonyl (C=O) groups is 2. The molecular weight excluding hydrogens is 462 g/mol. The van der Waals surface area contributed by atoms with Crippen molar-refractivity contribution in [3.8, 4) is 5.75 Å². The molecule has 0 atom stereocenters. The Hall–Kier alpha value is -3.04. The minimum atomic E-state index is -0.381. The fourth-order valence-electron chi connectivity index (χ4n) is 3.18. The summed E-state index contributed by atoms with van der Waals surface area (Å²) in [5.41, 5.74) is 5.31. The number of para-hydroxylation sites is 1. The third-order valence-electron chi connectivity index (χ3n) is 4.92. The number of hydrogen-bond acceptors (Lipinski definition) is 6. The van der Waals surface area contributed by atoms with Crippen LogP contribution in [0, 0.1) is 0 Å². The Morgan fingerprint density at radius 3 is 2.42 bits per heavy atom. The molecule has 2 aromatic carbocycles. The number of nitrogens with zero attached hydrogens (tertiary/aromatic N) is 3. The number of nitrogens with one attached hydrogen (secondary N) is 2. The van der Waals surface area contributed by atoms with Crippen molar-refractivity contribution in [2.24, 2.45) is 0 Å². The molecule has 1 heterocycles. The van der Waals surface area contributed by atoms with Crippen molar-refractivity contribution < 1.29 is 14.3 Å². The lowest BCUT2D eigenvalue weighted by Crippen LogP contribution is -2.42. The summed E-state index contributed by atoms with van der Waals surface area (Å²) in [6.45, 7) is 4.38. The van der Waals surface area contributed by atoms with E-state index < -0.39 is 0 Å². The van der Waals surface area contributed by atoms with Crippen LogP contribution in [0.4, 0.5) is 0 Å². The van der Waals surface area contributed by atoms with E-state index in [2.05, 4.69) is 34.9 Å². The van der Waals surface area contributed by atoms with E-state index in [-0.39, 0.29) is 30.2 Å². The van der Waals surface area contributed by atoms with Gasteiger partial charge in [-0.2, -0.15) is 0 Å². The molecule has 3 aromatic rings. The molecule has 2 N–H and O–H groups in total. The van der Waals surface area contributed by atoms with Crippen molar-refractivity contribution in [1.82, 2.24) is 25.6 Å². The van der Waals surface area contributed by atoms with Crippen LogP contribution in [0.15, 0.2) is 59.8 Å². The molecule has 0 aliphatic rings. The van der Waals surface area contributed by atoms with Gasteiger partial charge in [0.05, 0.1) is 10.8 Å². The quantitative estimate of drug-likeness (QED) is 0.324. The third kappa shape index (κ3) is 6.72. The number of amides is 2. The van der Waals surface area contributed by atoms with Gasteiger partial charge in [-0.05, 0) is 37.1 Å². The van der Waals surface area contributed by atoms with Crippen LogP contribution in [-0.2, 0) is 11.4 Å². The molecule has 0 spiro atoms. The van der Waals surface area contributed by atoms with Gasteiger partial charge in [0.25, 0.3) is 5.91 Å². The van der Waals surface area contributed by atoms with Gasteiger partial charge in [-0.15, -0.1) is 10.2 Å². The summed E-state index contributed by atoms with van der Waals surface area (Å²) < 4.78 is 7.87. The van der Waals surface area contributed by atoms with Crippen molar-refractivity contribution in [3.63, 3.8) is 0 Å². The Balaban J connectivity index is 1.62. The molecule has 2 amide bonds. The van der Waals surface area contributed by atoms with Gasteiger partial charge >= 0.3 is 0 Å². The van der Waals surface area contributed by atoms with Crippen LogP contribution in [-0.4, -0.2) is 32.3 Å². The van der Waals surface area contributed by atoms with E-state index in [1.165, 1.54) is 11.8 Å². The van der Waals surface area contributed by atoms with Gasteiger partial charge in [-0.25, -0.2) is 0 Å². The van der Waals surface area contributed by atoms with Crippen molar-refractivity contribution in [3.05, 3.63) is 71.0 Å². The normalized spacial score (nSPS) is 10.8. The molecule has 33 heavy (non-hydrogen) atoms. The molecule has 0 aliphatic heterocycles. The van der Waals surface area contributed by atoms with Crippen LogP contribution in [0.2, 0.25) is 5.02 Å². The Kier molecular flexibility index (Phi) is 9.14. The summed E-state index contributed by atoms with van der Waals surface area (Å²) in [4.78, 5) is 24.4. The number of hydrazine groups is 1. The Morgan fingerprint density at radius 2 is 1.73 bits per heavy atom. The van der Waals surface area contributed by atoms with Gasteiger partial charge in [0.2, 0.25) is 5.91 Å². The highest BCUT2D eigenvalue weighted by atomic mass is 35.5. The van der Waals surface area contributed by atoms with Crippen LogP contribution >= 0.6 is 23.4 Å². The van der Waals surface area contributed by atoms with Gasteiger partial charge in [0.15, 0.2) is 11.0 Å². The zero-order valence-corrected chi connectivity index (χ0v) is 20.0. The molecule has 8 nitrogen and oxygen atoms in total. The first-order chi connectivity index (χ1) is 16.0. The van der Waals surface area contributed by atoms with E-state index in [0.717, 1.165) is 12.8 Å². The third-order valence-corrected chi connectivity index (χ3v) is 6.18. The van der Waals surface area contributed by atoms with Crippen LogP contribution in [0.3, 0.4) is 0 Å². The molecule has 10 heteroatoms. The molecule has 0 aliphatic carbocycles. The second-order valence-electron chi connectivity index (χ2n) is 7.12. The summed E-state index contributed by atoms with van der Waals surface area (Å²) in [6, 6.07) is 16.1. The lowest BCUT2D eigenvalue weighted by atomic mass is 10.2. The van der Waals surface area contributed by atoms with Crippen molar-refractivity contribution >= 4 is 35.2 Å². The number of carbonyl (C=O) groups excluding carboxylic acids is 2. The van der Waals surface area contributed by atoms with E-state index in [1.807, 2.05) is 22.8 Å². The van der Waals surface area contributed by atoms with Gasteiger partial charge in [0.1, 0.15) is 12.4 Å². The molecule has 1 aromatic heterocycles. The first-order valence-electron chi connectivity index (χ1n) is 10.6. The van der Waals surface area contributed by atoms with E-state index in [4.69, 9.17) is 16.3 Å². The molecule has 0 saturated heterocycles. The monoisotopic (exact) mass is 487 g/mol. The minimum absolute atomic E-state index is 0.0682. The average molecular weight is 488 g/mol. The van der Waals surface area contributed by atoms with Crippen LogP contribution in [0.25, 0.3) is 0 Å². The first-order valence-corrected chi connectivity index (χ1v) is 12.0. The van der Waals surface area contributed by atoms with Crippen LogP contribution in [0.5, 0.6) is 5.75 Å². The zero-order valence-electron chi connectivity index (χ0n) is 18.5. The smallest absolute Gasteiger partial charge is 0.269 e. The highest BCUT2D eigenvalue weighted by molar-refractivity contribution is 7.99. The van der Waals surface area contributed by atoms with Crippen LogP contribution < -0.4 is 15.6 Å². The molecule has 0 bridgehead atoms. The number of halogens is 1. The predicted molar refractivity (Wildman–Crippen MR) is 128 cm³/mol. The van der Waals surface area contributed by atoms with E-state index in [0.29, 0.717) is 27.3 Å². The second-order valence-corrected chi connectivity index (χ2v) is 8.46. The van der Waals surface area contributed by atoms with E-state index in [9.17, 15) is 9.59 Å². The van der Waals surface area contributed by atoms with Gasteiger partial charge < -0.3 is 9.30 Å². The van der Waals surface area contributed by atoms with E-state index >= 15 is 0 Å². The molecule has 174 valence electrons. The maximum atomic E-state index is 12.3. The molecule has 0 unspecified atom stereocenters. The number of hydrogen-bond donors (Lipinski definition) is 2. The van der Waals surface area contributed by atoms with Crippen molar-refractivity contribution in [1.29, 1.82) is 0 Å². The number of rotatable bonds is 10. The van der Waals surface area contributed by atoms with E-state index in [1.54, 1.807) is 36.4 Å². The summed E-state index contributed by atoms with van der Waals surface area (Å²) in [6.07, 6.45) is 1.75. The maximum absolute atomic E-state index is 12.3. The Bertz CT molecular complexity index is 1070. The SMILES string of the molecule is CCC(CC)n1c(COc2ccccc2Cl)nnc1SCC(=O)NNC(=O)c1ccccc1. The van der Waals surface area contributed by atoms with Gasteiger partial charge in [0, 0.05) is 11.6 Å². The van der Waals surface area contributed by atoms with Crippen molar-refractivity contribution in [2.45, 2.75) is 44.5 Å². The summed E-state index contributed by atoms with van der Waals surface area (Å²) in [5.74, 6) is 0.564. The fraction of sp³-hybridized carbons (Fsp3) is 0.304. The van der Waals surface area contributed by atoms with Crippen LogP contribution in [0.1, 0.15) is 48.9 Å². The predicted octanol–water partition coefficient (Wildman–Crippen LogP) is 4.42. The van der Waals surface area contributed by atoms with Gasteiger partial charge in [-0.3, -0.25) is 20.4 Å². The average Bonchev–Trinajstić information content (AvgIpc) is 3.24. The number of benzene rings is 2. The molecule has 0 radical (unpaired) electrons. The Labute approximate surface area is 202 Å². The molecule has 0 saturated carbocycles. The highest BCUT2D eigenvalue weighted by Crippen LogP contribution is 2.28. The highest BCUT2D eigenvalue weighted by Gasteiger charge is 2.20. The Morgan fingerprint density at radius 1 is 1.03 bits per heavy atom.